The lowest BCUT2D eigenvalue weighted by Gasteiger charge is -2.19. The van der Waals surface area contributed by atoms with E-state index in [-0.39, 0.29) is 19.2 Å². The number of rotatable bonds is 7. The zero-order valence-electron chi connectivity index (χ0n) is 14.0. The third kappa shape index (κ3) is 4.09. The highest BCUT2D eigenvalue weighted by molar-refractivity contribution is 5.83. The van der Waals surface area contributed by atoms with Crippen LogP contribution in [0.3, 0.4) is 0 Å². The van der Waals surface area contributed by atoms with Crippen molar-refractivity contribution in [2.75, 3.05) is 45.7 Å². The molecule has 0 aliphatic heterocycles. The molecule has 0 saturated carbocycles. The summed E-state index contributed by atoms with van der Waals surface area (Å²) in [6, 6.07) is -0.154. The molecule has 3 N–H and O–H groups in total. The number of aliphatic hydroxyl groups excluding tert-OH is 2. The monoisotopic (exact) mass is 337 g/mol. The summed E-state index contributed by atoms with van der Waals surface area (Å²) in [6.07, 6.45) is 2.11. The van der Waals surface area contributed by atoms with Gasteiger partial charge in [-0.3, -0.25) is 0 Å². The molecule has 1 unspecified atom stereocenters. The lowest BCUT2D eigenvalue weighted by molar-refractivity contribution is 0.0820. The van der Waals surface area contributed by atoms with Crippen LogP contribution >= 0.6 is 0 Å². The first kappa shape index (κ1) is 17.9. The number of urea groups is 1. The van der Waals surface area contributed by atoms with Crippen LogP contribution in [0.2, 0.25) is 0 Å². The third-order valence-corrected chi connectivity index (χ3v) is 3.49. The molecule has 0 bridgehead atoms. The molecule has 2 rings (SSSR count). The largest absolute Gasteiger partial charge is 0.394 e. The fraction of sp³-hybridized carbons (Fsp3) is 0.571. The molecule has 24 heavy (non-hydrogen) atoms. The van der Waals surface area contributed by atoms with E-state index in [1.165, 1.54) is 11.2 Å². The molecular formula is C14H23N7O3. The Balaban J connectivity index is 2.10. The highest BCUT2D eigenvalue weighted by atomic mass is 16.3. The lowest BCUT2D eigenvalue weighted by atomic mass is 10.3. The van der Waals surface area contributed by atoms with Gasteiger partial charge in [0.2, 0.25) is 0 Å². The molecule has 10 heteroatoms. The molecule has 0 aliphatic carbocycles. The van der Waals surface area contributed by atoms with Crippen LogP contribution in [0.5, 0.6) is 0 Å². The number of carbonyl (C=O) groups excluding carboxylic acids is 1. The minimum Gasteiger partial charge on any atom is -0.394 e. The molecular weight excluding hydrogens is 314 g/mol. The Labute approximate surface area is 139 Å². The summed E-state index contributed by atoms with van der Waals surface area (Å²) in [7, 11) is 5.21. The molecule has 132 valence electrons. The predicted octanol–water partition coefficient (Wildman–Crippen LogP) is -1.11. The normalized spacial score (nSPS) is 12.2. The van der Waals surface area contributed by atoms with E-state index in [0.29, 0.717) is 30.1 Å². The summed E-state index contributed by atoms with van der Waals surface area (Å²) >= 11 is 0. The van der Waals surface area contributed by atoms with Crippen molar-refractivity contribution < 1.29 is 15.0 Å². The van der Waals surface area contributed by atoms with Crippen LogP contribution in [0.1, 0.15) is 0 Å². The van der Waals surface area contributed by atoms with Gasteiger partial charge in [-0.2, -0.15) is 0 Å². The fourth-order valence-corrected chi connectivity index (χ4v) is 2.16. The van der Waals surface area contributed by atoms with Crippen LogP contribution in [0.4, 0.5) is 10.6 Å². The van der Waals surface area contributed by atoms with Gasteiger partial charge >= 0.3 is 6.03 Å². The SMILES string of the molecule is CN(C)C(=O)NCCN(C)c1ncnc2c1ncn2CC(O)CO. The molecule has 10 nitrogen and oxygen atoms in total. The number of aliphatic hydroxyl groups is 2. The summed E-state index contributed by atoms with van der Waals surface area (Å²) in [6.45, 7) is 0.885. The zero-order valence-corrected chi connectivity index (χ0v) is 14.0. The van der Waals surface area contributed by atoms with Crippen LogP contribution < -0.4 is 10.2 Å². The number of carbonyl (C=O) groups is 1. The van der Waals surface area contributed by atoms with Gasteiger partial charge in [-0.1, -0.05) is 0 Å². The Bertz CT molecular complexity index is 688. The Kier molecular flexibility index (Phi) is 5.88. The molecule has 0 radical (unpaired) electrons. The maximum Gasteiger partial charge on any atom is 0.316 e. The molecule has 0 aliphatic rings. The van der Waals surface area contributed by atoms with Crippen molar-refractivity contribution in [2.24, 2.45) is 0 Å². The third-order valence-electron chi connectivity index (χ3n) is 3.49. The smallest absolute Gasteiger partial charge is 0.316 e. The zero-order chi connectivity index (χ0) is 17.7. The van der Waals surface area contributed by atoms with Gasteiger partial charge in [0, 0.05) is 34.2 Å². The second-order valence-electron chi connectivity index (χ2n) is 5.65. The van der Waals surface area contributed by atoms with Gasteiger partial charge in [0.25, 0.3) is 0 Å². The van der Waals surface area contributed by atoms with Gasteiger partial charge in [-0.05, 0) is 0 Å². The minimum absolute atomic E-state index is 0.154. The first-order valence-electron chi connectivity index (χ1n) is 7.55. The van der Waals surface area contributed by atoms with E-state index in [4.69, 9.17) is 5.11 Å². The van der Waals surface area contributed by atoms with Gasteiger partial charge < -0.3 is 29.9 Å². The maximum atomic E-state index is 11.5. The number of fused-ring (bicyclic) bond motifs is 1. The molecule has 0 aromatic carbocycles. The van der Waals surface area contributed by atoms with Crippen molar-refractivity contribution in [3.63, 3.8) is 0 Å². The van der Waals surface area contributed by atoms with Crippen molar-refractivity contribution in [1.29, 1.82) is 0 Å². The number of aromatic nitrogens is 4. The van der Waals surface area contributed by atoms with Crippen LogP contribution in [0.15, 0.2) is 12.7 Å². The second-order valence-corrected chi connectivity index (χ2v) is 5.65. The number of likely N-dealkylation sites (N-methyl/N-ethyl adjacent to an activating group) is 1. The van der Waals surface area contributed by atoms with Crippen molar-refractivity contribution in [1.82, 2.24) is 29.7 Å². The number of imidazole rings is 1. The summed E-state index contributed by atoms with van der Waals surface area (Å²) in [5.41, 5.74) is 1.18. The van der Waals surface area contributed by atoms with E-state index in [0.717, 1.165) is 0 Å². The summed E-state index contributed by atoms with van der Waals surface area (Å²) in [4.78, 5) is 27.6. The van der Waals surface area contributed by atoms with E-state index in [1.54, 1.807) is 25.0 Å². The van der Waals surface area contributed by atoms with Crippen molar-refractivity contribution in [2.45, 2.75) is 12.6 Å². The Hall–Kier alpha value is -2.46. The lowest BCUT2D eigenvalue weighted by Crippen LogP contribution is -2.39. The maximum absolute atomic E-state index is 11.5. The fourth-order valence-electron chi connectivity index (χ4n) is 2.16. The Morgan fingerprint density at radius 1 is 1.33 bits per heavy atom. The summed E-state index contributed by atoms with van der Waals surface area (Å²) in [5, 5.41) is 21.3. The molecule has 2 aromatic rings. The Morgan fingerprint density at radius 3 is 2.75 bits per heavy atom. The molecule has 0 spiro atoms. The van der Waals surface area contributed by atoms with E-state index in [1.807, 2.05) is 11.9 Å². The van der Waals surface area contributed by atoms with Crippen LogP contribution in [-0.2, 0) is 6.54 Å². The second kappa shape index (κ2) is 7.88. The highest BCUT2D eigenvalue weighted by Gasteiger charge is 2.15. The number of hydrogen-bond acceptors (Lipinski definition) is 7. The average Bonchev–Trinajstić information content (AvgIpc) is 2.97. The van der Waals surface area contributed by atoms with Gasteiger partial charge in [-0.15, -0.1) is 0 Å². The van der Waals surface area contributed by atoms with Crippen molar-refractivity contribution in [3.05, 3.63) is 12.7 Å². The Morgan fingerprint density at radius 2 is 2.08 bits per heavy atom. The van der Waals surface area contributed by atoms with Crippen LogP contribution in [0, 0.1) is 0 Å². The van der Waals surface area contributed by atoms with E-state index in [2.05, 4.69) is 20.3 Å². The van der Waals surface area contributed by atoms with Crippen molar-refractivity contribution >= 4 is 23.0 Å². The van der Waals surface area contributed by atoms with Gasteiger partial charge in [-0.25, -0.2) is 19.7 Å². The van der Waals surface area contributed by atoms with Crippen LogP contribution in [-0.4, -0.2) is 87.6 Å². The van der Waals surface area contributed by atoms with Crippen LogP contribution in [0.25, 0.3) is 11.2 Å². The highest BCUT2D eigenvalue weighted by Crippen LogP contribution is 2.20. The molecule has 2 amide bonds. The van der Waals surface area contributed by atoms with E-state index >= 15 is 0 Å². The molecule has 0 saturated heterocycles. The quantitative estimate of drug-likeness (QED) is 0.586. The molecule has 0 fully saturated rings. The van der Waals surface area contributed by atoms with E-state index in [9.17, 15) is 9.90 Å². The van der Waals surface area contributed by atoms with Crippen molar-refractivity contribution in [3.8, 4) is 0 Å². The molecule has 2 heterocycles. The van der Waals surface area contributed by atoms with Gasteiger partial charge in [0.05, 0.1) is 25.6 Å². The number of nitrogens with one attached hydrogen (secondary N) is 1. The van der Waals surface area contributed by atoms with Gasteiger partial charge in [0.1, 0.15) is 6.33 Å². The average molecular weight is 337 g/mol. The predicted molar refractivity (Wildman–Crippen MR) is 88.8 cm³/mol. The van der Waals surface area contributed by atoms with Gasteiger partial charge in [0.15, 0.2) is 17.0 Å². The number of nitrogens with zero attached hydrogens (tertiary/aromatic N) is 6. The number of hydrogen-bond donors (Lipinski definition) is 3. The topological polar surface area (TPSA) is 120 Å². The molecule has 2 aromatic heterocycles. The first-order valence-corrected chi connectivity index (χ1v) is 7.55. The summed E-state index contributed by atoms with van der Waals surface area (Å²) < 4.78 is 1.67. The standard InChI is InChI=1S/C14H23N7O3/c1-19(2)14(24)15-4-5-20(3)12-11-13(17-8-16-12)21(9-18-11)6-10(23)7-22/h8-10,22-23H,4-7H2,1-3H3,(H,15,24). The number of amides is 2. The van der Waals surface area contributed by atoms with E-state index < -0.39 is 6.10 Å². The molecule has 1 atom stereocenters. The number of anilines is 1. The summed E-state index contributed by atoms with van der Waals surface area (Å²) in [5.74, 6) is 0.636. The first-order chi connectivity index (χ1) is 11.4. The minimum atomic E-state index is -0.875.